The molecule has 0 saturated carbocycles. The zero-order chi connectivity index (χ0) is 27.8. The molecular formula is C24H29F3N4O4S2. The molecule has 0 fully saturated rings. The number of carbonyl (C=O) groups excluding carboxylic acids is 3. The van der Waals surface area contributed by atoms with Crippen LogP contribution in [0.25, 0.3) is 10.6 Å². The van der Waals surface area contributed by atoms with Crippen LogP contribution in [0.3, 0.4) is 0 Å². The van der Waals surface area contributed by atoms with Crippen LogP contribution in [0.2, 0.25) is 0 Å². The van der Waals surface area contributed by atoms with Gasteiger partial charge in [-0.25, -0.2) is 4.98 Å². The average molecular weight is 559 g/mol. The molecule has 2 aromatic rings. The standard InChI is InChI=1S/C24H29F3N4O4S2/c1-13-5-8-15(9-6-13)23-29-12-18(37-23)22(35)31-17(10-7-14(2)32)21(34)30-16(19(33)20(28)36)4-3-11-24(25,26)27/h5-6,8-9,12,14,16-17,32H,3-4,7,10-11H2,1-2H3,(H2,28,36)(H,30,34)(H,31,35)/t14?,16-,17-/m0/s1. The number of benzene rings is 1. The fraction of sp³-hybridized carbons (Fsp3) is 0.458. The lowest BCUT2D eigenvalue weighted by Crippen LogP contribution is -2.53. The second-order valence-electron chi connectivity index (χ2n) is 8.65. The fourth-order valence-electron chi connectivity index (χ4n) is 3.33. The van der Waals surface area contributed by atoms with Crippen LogP contribution < -0.4 is 16.4 Å². The van der Waals surface area contributed by atoms with E-state index in [0.717, 1.165) is 22.5 Å². The Labute approximate surface area is 221 Å². The van der Waals surface area contributed by atoms with Gasteiger partial charge in [0.25, 0.3) is 5.91 Å². The van der Waals surface area contributed by atoms with Gasteiger partial charge in [-0.1, -0.05) is 42.0 Å². The Morgan fingerprint density at radius 1 is 1.11 bits per heavy atom. The second-order valence-corrected chi connectivity index (χ2v) is 10.1. The molecule has 1 unspecified atom stereocenters. The summed E-state index contributed by atoms with van der Waals surface area (Å²) in [6.45, 7) is 3.45. The molecule has 202 valence electrons. The van der Waals surface area contributed by atoms with Gasteiger partial charge < -0.3 is 21.5 Å². The quantitative estimate of drug-likeness (QED) is 0.277. The molecule has 1 aromatic carbocycles. The molecule has 1 aromatic heterocycles. The minimum absolute atomic E-state index is 0.00932. The van der Waals surface area contributed by atoms with Crippen molar-refractivity contribution in [1.82, 2.24) is 15.6 Å². The van der Waals surface area contributed by atoms with Crippen LogP contribution in [0.4, 0.5) is 13.2 Å². The number of rotatable bonds is 13. The molecule has 1 heterocycles. The van der Waals surface area contributed by atoms with Crippen LogP contribution in [0.15, 0.2) is 30.5 Å². The molecular weight excluding hydrogens is 529 g/mol. The van der Waals surface area contributed by atoms with E-state index < -0.39 is 59.8 Å². The zero-order valence-electron chi connectivity index (χ0n) is 20.3. The highest BCUT2D eigenvalue weighted by atomic mass is 32.1. The van der Waals surface area contributed by atoms with Gasteiger partial charge in [-0.05, 0) is 39.5 Å². The number of nitrogens with zero attached hydrogens (tertiary/aromatic N) is 1. The van der Waals surface area contributed by atoms with E-state index in [1.807, 2.05) is 31.2 Å². The maximum absolute atomic E-state index is 13.0. The van der Waals surface area contributed by atoms with E-state index in [4.69, 9.17) is 5.73 Å². The summed E-state index contributed by atoms with van der Waals surface area (Å²) < 4.78 is 37.7. The third-order valence-corrected chi connectivity index (χ3v) is 6.60. The lowest BCUT2D eigenvalue weighted by atomic mass is 10.0. The molecule has 0 aliphatic carbocycles. The first-order valence-corrected chi connectivity index (χ1v) is 12.7. The molecule has 0 saturated heterocycles. The third kappa shape index (κ3) is 10.2. The van der Waals surface area contributed by atoms with Crippen molar-refractivity contribution >= 4 is 46.1 Å². The summed E-state index contributed by atoms with van der Waals surface area (Å²) in [5.74, 6) is -2.29. The summed E-state index contributed by atoms with van der Waals surface area (Å²) >= 11 is 5.77. The van der Waals surface area contributed by atoms with Crippen molar-refractivity contribution in [2.45, 2.75) is 70.3 Å². The number of Topliss-reactive ketones (excluding diaryl/α,β-unsaturated/α-hetero) is 1. The van der Waals surface area contributed by atoms with Crippen molar-refractivity contribution in [3.63, 3.8) is 0 Å². The first kappa shape index (κ1) is 30.3. The van der Waals surface area contributed by atoms with E-state index in [1.165, 1.54) is 13.1 Å². The van der Waals surface area contributed by atoms with Crippen LogP contribution in [-0.4, -0.2) is 57.0 Å². The Hall–Kier alpha value is -2.90. The predicted octanol–water partition coefficient (Wildman–Crippen LogP) is 3.45. The minimum Gasteiger partial charge on any atom is -0.393 e. The predicted molar refractivity (Wildman–Crippen MR) is 138 cm³/mol. The normalized spacial score (nSPS) is 13.9. The van der Waals surface area contributed by atoms with Gasteiger partial charge in [0.15, 0.2) is 0 Å². The van der Waals surface area contributed by atoms with Crippen molar-refractivity contribution in [3.05, 3.63) is 40.9 Å². The second kappa shape index (κ2) is 13.6. The average Bonchev–Trinajstić information content (AvgIpc) is 3.30. The highest BCUT2D eigenvalue weighted by molar-refractivity contribution is 7.82. The lowest BCUT2D eigenvalue weighted by molar-refractivity contribution is -0.136. The molecule has 0 aliphatic rings. The SMILES string of the molecule is Cc1ccc(-c2ncc(C(=O)N[C@@H](CCC(C)O)C(=O)N[C@@H](CCCC(F)(F)F)C(=O)C(N)=S)s2)cc1. The Balaban J connectivity index is 2.15. The smallest absolute Gasteiger partial charge is 0.389 e. The number of carbonyl (C=O) groups is 3. The molecule has 0 aliphatic heterocycles. The van der Waals surface area contributed by atoms with Gasteiger partial charge in [0.2, 0.25) is 11.7 Å². The van der Waals surface area contributed by atoms with Crippen molar-refractivity contribution in [2.24, 2.45) is 5.73 Å². The van der Waals surface area contributed by atoms with E-state index in [-0.39, 0.29) is 24.1 Å². The van der Waals surface area contributed by atoms with E-state index in [9.17, 15) is 32.7 Å². The number of alkyl halides is 3. The summed E-state index contributed by atoms with van der Waals surface area (Å²) in [6, 6.07) is 4.99. The summed E-state index contributed by atoms with van der Waals surface area (Å²) in [6.07, 6.45) is -5.63. The highest BCUT2D eigenvalue weighted by Crippen LogP contribution is 2.26. The lowest BCUT2D eigenvalue weighted by Gasteiger charge is -2.23. The Bertz CT molecular complexity index is 1100. The number of hydrogen-bond acceptors (Lipinski definition) is 7. The molecule has 0 radical (unpaired) electrons. The van der Waals surface area contributed by atoms with Crippen LogP contribution in [-0.2, 0) is 9.59 Å². The number of amides is 2. The first-order chi connectivity index (χ1) is 17.3. The summed E-state index contributed by atoms with van der Waals surface area (Å²) in [4.78, 5) is 42.1. The first-order valence-electron chi connectivity index (χ1n) is 11.5. The number of aliphatic hydroxyl groups excluding tert-OH is 1. The maximum Gasteiger partial charge on any atom is 0.389 e. The number of hydrogen-bond donors (Lipinski definition) is 4. The molecule has 0 spiro atoms. The van der Waals surface area contributed by atoms with Crippen molar-refractivity contribution in [1.29, 1.82) is 0 Å². The molecule has 2 rings (SSSR count). The van der Waals surface area contributed by atoms with Gasteiger partial charge in [0, 0.05) is 12.0 Å². The van der Waals surface area contributed by atoms with Crippen molar-refractivity contribution in [3.8, 4) is 10.6 Å². The number of halogens is 3. The van der Waals surface area contributed by atoms with E-state index >= 15 is 0 Å². The summed E-state index contributed by atoms with van der Waals surface area (Å²) in [5.41, 5.74) is 7.24. The van der Waals surface area contributed by atoms with Crippen molar-refractivity contribution in [2.75, 3.05) is 0 Å². The molecule has 5 N–H and O–H groups in total. The van der Waals surface area contributed by atoms with Crippen LogP contribution >= 0.6 is 23.6 Å². The topological polar surface area (TPSA) is 134 Å². The molecule has 3 atom stereocenters. The number of thiocarbonyl (C=S) groups is 1. The molecule has 0 bridgehead atoms. The molecule has 8 nitrogen and oxygen atoms in total. The van der Waals surface area contributed by atoms with E-state index in [0.29, 0.717) is 5.01 Å². The number of aryl methyl sites for hydroxylation is 1. The third-order valence-electron chi connectivity index (χ3n) is 5.35. The van der Waals surface area contributed by atoms with Gasteiger partial charge in [-0.15, -0.1) is 11.3 Å². The number of nitrogens with one attached hydrogen (secondary N) is 2. The highest BCUT2D eigenvalue weighted by Gasteiger charge is 2.31. The van der Waals surface area contributed by atoms with E-state index in [2.05, 4.69) is 27.8 Å². The maximum atomic E-state index is 13.0. The minimum atomic E-state index is -4.43. The zero-order valence-corrected chi connectivity index (χ0v) is 21.9. The van der Waals surface area contributed by atoms with E-state index in [1.54, 1.807) is 0 Å². The Morgan fingerprint density at radius 3 is 2.32 bits per heavy atom. The van der Waals surface area contributed by atoms with Crippen LogP contribution in [0.1, 0.15) is 54.3 Å². The number of nitrogens with two attached hydrogens (primary N) is 1. The molecule has 37 heavy (non-hydrogen) atoms. The molecule has 13 heteroatoms. The number of ketones is 1. The fourth-order valence-corrected chi connectivity index (χ4v) is 4.30. The largest absolute Gasteiger partial charge is 0.393 e. The van der Waals surface area contributed by atoms with Gasteiger partial charge in [0.1, 0.15) is 20.9 Å². The van der Waals surface area contributed by atoms with Gasteiger partial charge in [0.05, 0.1) is 18.3 Å². The van der Waals surface area contributed by atoms with Gasteiger partial charge >= 0.3 is 6.18 Å². The van der Waals surface area contributed by atoms with Gasteiger partial charge in [-0.2, -0.15) is 13.2 Å². The van der Waals surface area contributed by atoms with Gasteiger partial charge in [-0.3, -0.25) is 14.4 Å². The van der Waals surface area contributed by atoms with Crippen LogP contribution in [0.5, 0.6) is 0 Å². The molecule has 2 amide bonds. The van der Waals surface area contributed by atoms with Crippen LogP contribution in [0, 0.1) is 6.92 Å². The monoisotopic (exact) mass is 558 g/mol. The number of aliphatic hydroxyl groups is 1. The number of thiazole rings is 1. The van der Waals surface area contributed by atoms with Crippen molar-refractivity contribution < 1.29 is 32.7 Å². The summed E-state index contributed by atoms with van der Waals surface area (Å²) in [5, 5.41) is 15.2. The Kier molecular flexibility index (Phi) is 11.1. The summed E-state index contributed by atoms with van der Waals surface area (Å²) in [7, 11) is 0. The number of aromatic nitrogens is 1. The Morgan fingerprint density at radius 2 is 1.76 bits per heavy atom.